The summed E-state index contributed by atoms with van der Waals surface area (Å²) in [6, 6.07) is 4.05. The van der Waals surface area contributed by atoms with Crippen molar-refractivity contribution in [2.24, 2.45) is 5.92 Å². The van der Waals surface area contributed by atoms with E-state index < -0.39 is 23.7 Å². The molecule has 1 aromatic rings. The van der Waals surface area contributed by atoms with E-state index in [4.69, 9.17) is 4.74 Å². The van der Waals surface area contributed by atoms with Crippen molar-refractivity contribution < 1.29 is 27.5 Å². The Balaban J connectivity index is 2.10. The number of cyclic esters (lactones) is 1. The number of nitrogens with zero attached hydrogens (tertiary/aromatic N) is 1. The van der Waals surface area contributed by atoms with Crippen LogP contribution < -0.4 is 0 Å². The van der Waals surface area contributed by atoms with Gasteiger partial charge in [-0.2, -0.15) is 13.2 Å². The molecule has 1 fully saturated rings. The largest absolute Gasteiger partial charge is 0.447 e. The van der Waals surface area contributed by atoms with E-state index in [9.17, 15) is 22.8 Å². The lowest BCUT2D eigenvalue weighted by atomic mass is 10.0. The average molecular weight is 327 g/mol. The molecule has 0 saturated carbocycles. The van der Waals surface area contributed by atoms with Crippen LogP contribution in [0.1, 0.15) is 25.0 Å². The van der Waals surface area contributed by atoms with E-state index in [0.29, 0.717) is 5.56 Å². The van der Waals surface area contributed by atoms with Gasteiger partial charge in [0.2, 0.25) is 0 Å². The molecular formula is C16H16F3NO3. The van der Waals surface area contributed by atoms with Gasteiger partial charge in [0.05, 0.1) is 11.6 Å². The van der Waals surface area contributed by atoms with Crippen molar-refractivity contribution in [1.29, 1.82) is 0 Å². The standard InChI is InChI=1S/C16H16F3NO3/c1-10(2)13-9-23-15(22)20(13)14(21)8-5-11-3-6-12(7-4-11)16(17,18)19/h3-8,10,13H,9H2,1-2H3. The zero-order valence-electron chi connectivity index (χ0n) is 12.6. The Bertz CT molecular complexity index is 620. The molecule has 0 N–H and O–H groups in total. The van der Waals surface area contributed by atoms with Crippen LogP contribution in [0.2, 0.25) is 0 Å². The van der Waals surface area contributed by atoms with Crippen molar-refractivity contribution >= 4 is 18.1 Å². The van der Waals surface area contributed by atoms with Crippen LogP contribution in [0.4, 0.5) is 18.0 Å². The quantitative estimate of drug-likeness (QED) is 0.795. The van der Waals surface area contributed by atoms with Gasteiger partial charge in [-0.25, -0.2) is 9.69 Å². The summed E-state index contributed by atoms with van der Waals surface area (Å²) in [7, 11) is 0. The SMILES string of the molecule is CC(C)C1COC(=O)N1C(=O)C=Cc1ccc(C(F)(F)F)cc1. The molecule has 0 spiro atoms. The number of halogens is 3. The Morgan fingerprint density at radius 1 is 1.30 bits per heavy atom. The third-order valence-corrected chi connectivity index (χ3v) is 3.57. The van der Waals surface area contributed by atoms with Gasteiger partial charge in [0.15, 0.2) is 0 Å². The Hall–Kier alpha value is -2.31. The van der Waals surface area contributed by atoms with Crippen molar-refractivity contribution in [2.75, 3.05) is 6.61 Å². The fraction of sp³-hybridized carbons (Fsp3) is 0.375. The highest BCUT2D eigenvalue weighted by Crippen LogP contribution is 2.29. The molecule has 7 heteroatoms. The summed E-state index contributed by atoms with van der Waals surface area (Å²) in [5.74, 6) is -0.504. The van der Waals surface area contributed by atoms with Gasteiger partial charge in [0.25, 0.3) is 5.91 Å². The summed E-state index contributed by atoms with van der Waals surface area (Å²) >= 11 is 0. The summed E-state index contributed by atoms with van der Waals surface area (Å²) in [6.45, 7) is 3.88. The predicted molar refractivity (Wildman–Crippen MR) is 77.3 cm³/mol. The molecule has 2 rings (SSSR count). The molecule has 23 heavy (non-hydrogen) atoms. The molecule has 1 aromatic carbocycles. The highest BCUT2D eigenvalue weighted by atomic mass is 19.4. The molecule has 0 aromatic heterocycles. The van der Waals surface area contributed by atoms with E-state index in [0.717, 1.165) is 23.1 Å². The maximum absolute atomic E-state index is 12.5. The van der Waals surface area contributed by atoms with Gasteiger partial charge in [-0.05, 0) is 29.7 Å². The summed E-state index contributed by atoms with van der Waals surface area (Å²) in [5, 5.41) is 0. The zero-order valence-corrected chi connectivity index (χ0v) is 12.6. The number of alkyl halides is 3. The molecule has 0 bridgehead atoms. The molecule has 1 atom stereocenters. The molecule has 1 aliphatic heterocycles. The van der Waals surface area contributed by atoms with Crippen LogP contribution in [0.25, 0.3) is 6.08 Å². The summed E-state index contributed by atoms with van der Waals surface area (Å²) in [4.78, 5) is 24.8. The molecule has 0 aliphatic carbocycles. The van der Waals surface area contributed by atoms with Gasteiger partial charge in [0, 0.05) is 6.08 Å². The van der Waals surface area contributed by atoms with Crippen LogP contribution in [0.5, 0.6) is 0 Å². The van der Waals surface area contributed by atoms with Crippen LogP contribution in [-0.4, -0.2) is 29.5 Å². The number of imide groups is 1. The van der Waals surface area contributed by atoms with Crippen LogP contribution >= 0.6 is 0 Å². The second kappa shape index (κ2) is 6.44. The van der Waals surface area contributed by atoms with Gasteiger partial charge >= 0.3 is 12.3 Å². The topological polar surface area (TPSA) is 46.6 Å². The fourth-order valence-corrected chi connectivity index (χ4v) is 2.21. The molecule has 0 radical (unpaired) electrons. The fourth-order valence-electron chi connectivity index (χ4n) is 2.21. The summed E-state index contributed by atoms with van der Waals surface area (Å²) in [6.07, 6.45) is -2.58. The minimum atomic E-state index is -4.40. The number of ether oxygens (including phenoxy) is 1. The van der Waals surface area contributed by atoms with Crippen LogP contribution in [0, 0.1) is 5.92 Å². The minimum Gasteiger partial charge on any atom is -0.447 e. The number of hydrogen-bond donors (Lipinski definition) is 0. The van der Waals surface area contributed by atoms with Crippen molar-refractivity contribution in [1.82, 2.24) is 4.90 Å². The number of amides is 2. The van der Waals surface area contributed by atoms with E-state index in [-0.39, 0.29) is 18.6 Å². The molecule has 4 nitrogen and oxygen atoms in total. The third-order valence-electron chi connectivity index (χ3n) is 3.57. The Morgan fingerprint density at radius 2 is 1.91 bits per heavy atom. The number of carbonyl (C=O) groups excluding carboxylic acids is 2. The molecule has 1 unspecified atom stereocenters. The Kier molecular flexibility index (Phi) is 4.77. The third kappa shape index (κ3) is 3.91. The lowest BCUT2D eigenvalue weighted by Crippen LogP contribution is -2.40. The van der Waals surface area contributed by atoms with Crippen LogP contribution in [-0.2, 0) is 15.7 Å². The molecule has 2 amide bonds. The monoisotopic (exact) mass is 327 g/mol. The van der Waals surface area contributed by atoms with E-state index in [1.165, 1.54) is 18.2 Å². The Labute approximate surface area is 131 Å². The smallest absolute Gasteiger partial charge is 0.417 e. The number of carbonyl (C=O) groups is 2. The maximum Gasteiger partial charge on any atom is 0.417 e. The number of hydrogen-bond acceptors (Lipinski definition) is 3. The molecular weight excluding hydrogens is 311 g/mol. The molecule has 1 aliphatic rings. The van der Waals surface area contributed by atoms with E-state index in [2.05, 4.69) is 0 Å². The number of benzene rings is 1. The summed E-state index contributed by atoms with van der Waals surface area (Å²) in [5.41, 5.74) is -0.330. The van der Waals surface area contributed by atoms with Gasteiger partial charge in [-0.3, -0.25) is 4.79 Å². The first-order valence-corrected chi connectivity index (χ1v) is 7.05. The van der Waals surface area contributed by atoms with Crippen LogP contribution in [0.15, 0.2) is 30.3 Å². The predicted octanol–water partition coefficient (Wildman–Crippen LogP) is 3.72. The first kappa shape index (κ1) is 17.1. The second-order valence-corrected chi connectivity index (χ2v) is 5.55. The molecule has 1 saturated heterocycles. The normalized spacial score (nSPS) is 18.8. The average Bonchev–Trinajstić information content (AvgIpc) is 2.86. The van der Waals surface area contributed by atoms with Gasteiger partial charge in [-0.1, -0.05) is 26.0 Å². The highest BCUT2D eigenvalue weighted by molar-refractivity contribution is 6.02. The summed E-state index contributed by atoms with van der Waals surface area (Å²) < 4.78 is 42.3. The van der Waals surface area contributed by atoms with Crippen molar-refractivity contribution in [2.45, 2.75) is 26.1 Å². The Morgan fingerprint density at radius 3 is 2.43 bits per heavy atom. The van der Waals surface area contributed by atoms with E-state index in [1.54, 1.807) is 0 Å². The maximum atomic E-state index is 12.5. The van der Waals surface area contributed by atoms with E-state index >= 15 is 0 Å². The first-order chi connectivity index (χ1) is 10.7. The zero-order chi connectivity index (χ0) is 17.2. The number of rotatable bonds is 3. The highest BCUT2D eigenvalue weighted by Gasteiger charge is 2.38. The lowest BCUT2D eigenvalue weighted by Gasteiger charge is -2.20. The second-order valence-electron chi connectivity index (χ2n) is 5.55. The van der Waals surface area contributed by atoms with Gasteiger partial charge < -0.3 is 4.74 Å². The van der Waals surface area contributed by atoms with Crippen molar-refractivity contribution in [3.8, 4) is 0 Å². The minimum absolute atomic E-state index is 0.0462. The van der Waals surface area contributed by atoms with E-state index in [1.807, 2.05) is 13.8 Å². The molecule has 124 valence electrons. The first-order valence-electron chi connectivity index (χ1n) is 7.05. The molecule has 1 heterocycles. The lowest BCUT2D eigenvalue weighted by molar-refractivity contribution is -0.137. The van der Waals surface area contributed by atoms with Crippen molar-refractivity contribution in [3.05, 3.63) is 41.5 Å². The van der Waals surface area contributed by atoms with Crippen molar-refractivity contribution in [3.63, 3.8) is 0 Å². The van der Waals surface area contributed by atoms with Crippen LogP contribution in [0.3, 0.4) is 0 Å². The van der Waals surface area contributed by atoms with Gasteiger partial charge in [0.1, 0.15) is 6.61 Å². The van der Waals surface area contributed by atoms with Gasteiger partial charge in [-0.15, -0.1) is 0 Å².